The Bertz CT molecular complexity index is 573. The number of ketones is 1. The van der Waals surface area contributed by atoms with Crippen molar-refractivity contribution in [2.45, 2.75) is 64.2 Å². The number of rotatable bonds is 15. The Balaban J connectivity index is -0.00000137. The van der Waals surface area contributed by atoms with Crippen molar-refractivity contribution in [3.63, 3.8) is 0 Å². The topological polar surface area (TPSA) is 128 Å². The third kappa shape index (κ3) is 20.5. The summed E-state index contributed by atoms with van der Waals surface area (Å²) in [5.41, 5.74) is 0. The Labute approximate surface area is 194 Å². The maximum atomic E-state index is 11.9. The molecule has 0 unspecified atom stereocenters. The summed E-state index contributed by atoms with van der Waals surface area (Å²) in [7, 11) is -3.01. The molecule has 9 heteroatoms. The van der Waals surface area contributed by atoms with Crippen LogP contribution < -0.4 is 0 Å². The molecule has 0 saturated heterocycles. The molecule has 1 N–H and O–H groups in total. The van der Waals surface area contributed by atoms with E-state index in [-0.39, 0.29) is 43.8 Å². The predicted molar refractivity (Wildman–Crippen MR) is 106 cm³/mol. The molecule has 1 saturated carbocycles. The molecule has 0 spiro atoms. The first-order chi connectivity index (χ1) is 13.9. The predicted octanol–water partition coefficient (Wildman–Crippen LogP) is 3.28. The van der Waals surface area contributed by atoms with Crippen LogP contribution in [0.25, 0.3) is 0 Å². The van der Waals surface area contributed by atoms with E-state index in [4.69, 9.17) is 14.4 Å². The van der Waals surface area contributed by atoms with Crippen LogP contribution in [-0.4, -0.2) is 36.8 Å². The third-order valence-electron chi connectivity index (χ3n) is 4.19. The van der Waals surface area contributed by atoms with Gasteiger partial charge in [0.05, 0.1) is 11.5 Å². The second-order valence-corrected chi connectivity index (χ2v) is 8.77. The van der Waals surface area contributed by atoms with Crippen LogP contribution in [0.15, 0.2) is 0 Å². The first kappa shape index (κ1) is 33.8. The number of hydrogen-bond donors (Lipinski definition) is 1. The molecule has 1 rings (SSSR count). The number of carbonyl (C=O) groups excluding carboxylic acids is 1. The van der Waals surface area contributed by atoms with Crippen molar-refractivity contribution < 1.29 is 52.5 Å². The number of unbranched alkanes of at least 4 members (excludes halogenated alkanes) is 6. The van der Waals surface area contributed by atoms with Gasteiger partial charge in [-0.25, -0.2) is 8.42 Å². The molecule has 7 nitrogen and oxygen atoms in total. The fourth-order valence-electron chi connectivity index (χ4n) is 2.72. The standard InChI is InChI=1S/C19H29O5S.2CO.Tc/c20-18(17-11-7-8-12-17)13-5-1-3-9-15-25(23,24)16-10-4-2-6-14-19(21)22;2*1-2;/h7-8,11-12H,1-6,9-10,13-16H2,(H,21,22);;;/i;;;1+1. The molecule has 0 bridgehead atoms. The van der Waals surface area contributed by atoms with Gasteiger partial charge >= 0.3 is 28.6 Å². The molecule has 1 aliphatic rings. The second kappa shape index (κ2) is 22.9. The molecule has 1 aliphatic carbocycles. The van der Waals surface area contributed by atoms with Crippen LogP contribution in [0, 0.1) is 44.9 Å². The van der Waals surface area contributed by atoms with E-state index in [1.807, 2.05) is 25.7 Å². The molecular weight excluding hydrogens is 495 g/mol. The van der Waals surface area contributed by atoms with E-state index < -0.39 is 15.8 Å². The van der Waals surface area contributed by atoms with Crippen molar-refractivity contribution in [2.24, 2.45) is 0 Å². The fourth-order valence-corrected chi connectivity index (χ4v) is 4.21. The van der Waals surface area contributed by atoms with Gasteiger partial charge in [0, 0.05) is 38.9 Å². The van der Waals surface area contributed by atoms with E-state index in [1.165, 1.54) is 0 Å². The van der Waals surface area contributed by atoms with Crippen LogP contribution in [0.5, 0.6) is 0 Å². The number of Topliss-reactive ketones (excluding diaryl/α,β-unsaturated/α-hetero) is 1. The molecule has 0 heterocycles. The average Bonchev–Trinajstić information content (AvgIpc) is 3.25. The van der Waals surface area contributed by atoms with Gasteiger partial charge in [0.2, 0.25) is 0 Å². The molecule has 30 heavy (non-hydrogen) atoms. The van der Waals surface area contributed by atoms with Crippen LogP contribution in [0.4, 0.5) is 0 Å². The van der Waals surface area contributed by atoms with Crippen LogP contribution in [-0.2, 0) is 48.8 Å². The summed E-state index contributed by atoms with van der Waals surface area (Å²) in [6.45, 7) is 9.00. The maximum absolute atomic E-state index is 11.9. The average molecular weight is 524 g/mol. The number of carboxylic acid groups (broad SMARTS) is 1. The van der Waals surface area contributed by atoms with Gasteiger partial charge in [0.15, 0.2) is 0 Å². The number of hydrogen-bond acceptors (Lipinski definition) is 4. The monoisotopic (exact) mass is 524 g/mol. The Morgan fingerprint density at radius 3 is 1.60 bits per heavy atom. The number of carbonyl (C=O) groups is 2. The molecule has 0 atom stereocenters. The zero-order chi connectivity index (χ0) is 22.5. The van der Waals surface area contributed by atoms with E-state index in [2.05, 4.69) is 13.3 Å². The first-order valence-electron chi connectivity index (χ1n) is 9.49. The zero-order valence-corrected chi connectivity index (χ0v) is 19.7. The Morgan fingerprint density at radius 1 is 0.767 bits per heavy atom. The van der Waals surface area contributed by atoms with Gasteiger partial charge in [-0.1, -0.05) is 25.7 Å². The summed E-state index contributed by atoms with van der Waals surface area (Å²) < 4.78 is 38.8. The molecule has 0 aromatic carbocycles. The van der Waals surface area contributed by atoms with Gasteiger partial charge in [-0.15, -0.1) is 0 Å². The van der Waals surface area contributed by atoms with Crippen LogP contribution in [0.1, 0.15) is 64.2 Å². The first-order valence-corrected chi connectivity index (χ1v) is 11.3. The summed E-state index contributed by atoms with van der Waals surface area (Å²) >= 11 is 0. The van der Waals surface area contributed by atoms with E-state index in [0.29, 0.717) is 25.7 Å². The summed E-state index contributed by atoms with van der Waals surface area (Å²) in [6.07, 6.45) is 13.9. The molecular formula is C21H29O7STc. The molecule has 0 aromatic rings. The summed E-state index contributed by atoms with van der Waals surface area (Å²) in [5, 5.41) is 8.52. The van der Waals surface area contributed by atoms with Crippen LogP contribution >= 0.6 is 0 Å². The summed E-state index contributed by atoms with van der Waals surface area (Å²) in [4.78, 5) is 22.2. The van der Waals surface area contributed by atoms with E-state index >= 15 is 0 Å². The quantitative estimate of drug-likeness (QED) is 0.200. The number of sulfone groups is 1. The summed E-state index contributed by atoms with van der Waals surface area (Å²) in [5.74, 6) is 0.504. The zero-order valence-electron chi connectivity index (χ0n) is 17.0. The van der Waals surface area contributed by atoms with Gasteiger partial charge in [0.25, 0.3) is 0 Å². The molecule has 0 aliphatic heterocycles. The Kier molecular flexibility index (Phi) is 25.8. The van der Waals surface area contributed by atoms with E-state index in [0.717, 1.165) is 38.0 Å². The van der Waals surface area contributed by atoms with E-state index in [1.54, 1.807) is 0 Å². The number of carboxylic acids is 1. The van der Waals surface area contributed by atoms with Crippen molar-refractivity contribution in [3.05, 3.63) is 44.9 Å². The second-order valence-electron chi connectivity index (χ2n) is 6.47. The SMILES string of the molecule is O=C(O)CCCCCCS(=O)(=O)CCCCCCC(=O)[C]1[CH][CH][CH][CH]1.[99Tc].[C-]#[O+].[C-]#[O+]. The minimum absolute atomic E-state index is 0. The fraction of sp³-hybridized carbons (Fsp3) is 0.571. The third-order valence-corrected chi connectivity index (χ3v) is 6.01. The molecule has 168 valence electrons. The van der Waals surface area contributed by atoms with Crippen molar-refractivity contribution in [1.29, 1.82) is 0 Å². The summed E-state index contributed by atoms with van der Waals surface area (Å²) in [6, 6.07) is 0. The molecule has 0 aromatic heterocycles. The normalized spacial score (nSPS) is 13.1. The molecule has 6 radical (unpaired) electrons. The van der Waals surface area contributed by atoms with Crippen molar-refractivity contribution in [2.75, 3.05) is 11.5 Å². The van der Waals surface area contributed by atoms with Gasteiger partial charge in [0.1, 0.15) is 15.6 Å². The Hall–Kier alpha value is -0.781. The molecule has 0 amide bonds. The van der Waals surface area contributed by atoms with Crippen molar-refractivity contribution in [1.82, 2.24) is 0 Å². The van der Waals surface area contributed by atoms with Gasteiger partial charge in [-0.05, 0) is 51.4 Å². The Morgan fingerprint density at radius 2 is 1.17 bits per heavy atom. The van der Waals surface area contributed by atoms with E-state index in [9.17, 15) is 18.0 Å². The molecule has 1 fully saturated rings. The van der Waals surface area contributed by atoms with Gasteiger partial charge in [-0.2, -0.15) is 0 Å². The minimum atomic E-state index is -3.01. The van der Waals surface area contributed by atoms with Crippen molar-refractivity contribution in [3.8, 4) is 0 Å². The number of aliphatic carboxylic acids is 1. The van der Waals surface area contributed by atoms with Crippen LogP contribution in [0.2, 0.25) is 0 Å². The van der Waals surface area contributed by atoms with Crippen LogP contribution in [0.3, 0.4) is 0 Å². The van der Waals surface area contributed by atoms with Gasteiger partial charge in [-0.3, -0.25) is 9.59 Å². The van der Waals surface area contributed by atoms with Gasteiger partial charge < -0.3 is 5.11 Å². The van der Waals surface area contributed by atoms with Crippen molar-refractivity contribution >= 4 is 21.6 Å².